The molecule has 0 aliphatic carbocycles. The first-order chi connectivity index (χ1) is 17.0. The molecule has 3 heterocycles. The summed E-state index contributed by atoms with van der Waals surface area (Å²) in [7, 11) is 0. The summed E-state index contributed by atoms with van der Waals surface area (Å²) in [5, 5.41) is 6.20. The summed E-state index contributed by atoms with van der Waals surface area (Å²) in [6.07, 6.45) is 4.75. The molecule has 0 saturated carbocycles. The van der Waals surface area contributed by atoms with Crippen LogP contribution >= 0.6 is 0 Å². The van der Waals surface area contributed by atoms with Crippen molar-refractivity contribution in [2.45, 2.75) is 31.6 Å². The minimum absolute atomic E-state index is 0.237. The van der Waals surface area contributed by atoms with E-state index in [1.54, 1.807) is 30.6 Å². The maximum Gasteiger partial charge on any atom is 0.256 e. The second-order valence-electron chi connectivity index (χ2n) is 8.65. The molecule has 1 saturated heterocycles. The van der Waals surface area contributed by atoms with Gasteiger partial charge in [-0.2, -0.15) is 0 Å². The van der Waals surface area contributed by atoms with Gasteiger partial charge in [0.1, 0.15) is 0 Å². The van der Waals surface area contributed by atoms with Gasteiger partial charge in [0.25, 0.3) is 5.91 Å². The van der Waals surface area contributed by atoms with Gasteiger partial charge < -0.3 is 5.32 Å². The molecule has 1 aliphatic heterocycles. The highest BCUT2D eigenvalue weighted by molar-refractivity contribution is 6.13. The van der Waals surface area contributed by atoms with Gasteiger partial charge in [-0.3, -0.25) is 24.7 Å². The van der Waals surface area contributed by atoms with Gasteiger partial charge in [0.15, 0.2) is 0 Å². The van der Waals surface area contributed by atoms with Crippen molar-refractivity contribution < 1.29 is 14.4 Å². The lowest BCUT2D eigenvalue weighted by Gasteiger charge is -2.35. The van der Waals surface area contributed by atoms with Crippen LogP contribution in [0.3, 0.4) is 0 Å². The van der Waals surface area contributed by atoms with E-state index in [1.165, 1.54) is 0 Å². The maximum absolute atomic E-state index is 13.4. The highest BCUT2D eigenvalue weighted by Crippen LogP contribution is 2.36. The molecular weight excluding hydrogens is 440 g/mol. The summed E-state index contributed by atoms with van der Waals surface area (Å²) < 4.78 is 0. The van der Waals surface area contributed by atoms with Gasteiger partial charge in [-0.05, 0) is 54.8 Å². The van der Waals surface area contributed by atoms with Crippen LogP contribution in [-0.4, -0.2) is 27.7 Å². The Balaban J connectivity index is 1.45. The van der Waals surface area contributed by atoms with E-state index >= 15 is 0 Å². The summed E-state index contributed by atoms with van der Waals surface area (Å²) >= 11 is 0. The zero-order valence-corrected chi connectivity index (χ0v) is 19.2. The number of para-hydroxylation sites is 1. The van der Waals surface area contributed by atoms with E-state index in [1.807, 2.05) is 55.5 Å². The van der Waals surface area contributed by atoms with Gasteiger partial charge >= 0.3 is 0 Å². The van der Waals surface area contributed by atoms with Crippen molar-refractivity contribution in [2.75, 3.05) is 5.32 Å². The van der Waals surface area contributed by atoms with E-state index in [-0.39, 0.29) is 17.7 Å². The van der Waals surface area contributed by atoms with Crippen LogP contribution in [0.2, 0.25) is 0 Å². The zero-order chi connectivity index (χ0) is 24.4. The van der Waals surface area contributed by atoms with Crippen molar-refractivity contribution in [3.8, 4) is 11.3 Å². The Hall–Kier alpha value is -4.39. The lowest BCUT2D eigenvalue weighted by molar-refractivity contribution is -0.138. The number of rotatable bonds is 5. The van der Waals surface area contributed by atoms with E-state index in [4.69, 9.17) is 4.98 Å². The predicted molar refractivity (Wildman–Crippen MR) is 134 cm³/mol. The minimum Gasteiger partial charge on any atom is -0.322 e. The molecule has 1 unspecified atom stereocenters. The average molecular weight is 465 g/mol. The summed E-state index contributed by atoms with van der Waals surface area (Å²) in [6, 6.07) is 20.3. The molecule has 2 aromatic heterocycles. The quantitative estimate of drug-likeness (QED) is 0.419. The molecule has 0 radical (unpaired) electrons. The fourth-order valence-electron chi connectivity index (χ4n) is 4.67. The molecule has 3 amide bonds. The number of imide groups is 1. The Morgan fingerprint density at radius 1 is 1.03 bits per heavy atom. The SMILES string of the molecule is CCC1(c2ccc(NC(=O)c3cc(-c4ccncc4)nc4ccccc34)cc2)CCC(=O)NC1=O. The van der Waals surface area contributed by atoms with E-state index in [0.717, 1.165) is 22.0 Å². The Morgan fingerprint density at radius 2 is 1.77 bits per heavy atom. The summed E-state index contributed by atoms with van der Waals surface area (Å²) in [6.45, 7) is 1.94. The van der Waals surface area contributed by atoms with E-state index in [2.05, 4.69) is 15.6 Å². The number of piperidine rings is 1. The molecule has 0 spiro atoms. The molecule has 0 bridgehead atoms. The van der Waals surface area contributed by atoms with Crippen molar-refractivity contribution in [2.24, 2.45) is 0 Å². The highest BCUT2D eigenvalue weighted by Gasteiger charge is 2.42. The van der Waals surface area contributed by atoms with Crippen LogP contribution in [0.4, 0.5) is 5.69 Å². The number of aromatic nitrogens is 2. The van der Waals surface area contributed by atoms with Crippen LogP contribution in [0.5, 0.6) is 0 Å². The molecular formula is C28H24N4O3. The third-order valence-electron chi connectivity index (χ3n) is 6.70. The minimum atomic E-state index is -0.739. The molecule has 4 aromatic rings. The van der Waals surface area contributed by atoms with Crippen LogP contribution in [0.1, 0.15) is 42.1 Å². The van der Waals surface area contributed by atoms with Crippen molar-refractivity contribution in [1.82, 2.24) is 15.3 Å². The third kappa shape index (κ3) is 4.17. The monoisotopic (exact) mass is 464 g/mol. The molecule has 2 aromatic carbocycles. The average Bonchev–Trinajstić information content (AvgIpc) is 2.89. The topological polar surface area (TPSA) is 101 Å². The number of carbonyl (C=O) groups excluding carboxylic acids is 3. The Morgan fingerprint density at radius 3 is 2.49 bits per heavy atom. The fourth-order valence-corrected chi connectivity index (χ4v) is 4.67. The van der Waals surface area contributed by atoms with E-state index < -0.39 is 5.41 Å². The number of amides is 3. The van der Waals surface area contributed by atoms with Gasteiger partial charge in [-0.1, -0.05) is 37.3 Å². The number of anilines is 1. The van der Waals surface area contributed by atoms with Crippen LogP contribution < -0.4 is 10.6 Å². The molecule has 1 fully saturated rings. The standard InChI is InChI=1S/C28H24N4O3/c1-2-28(14-11-25(33)32-27(28)35)19-7-9-20(10-8-19)30-26(34)22-17-24(18-12-15-29-16-13-18)31-23-6-4-3-5-21(22)23/h3-10,12-13,15-17H,2,11,14H2,1H3,(H,30,34)(H,32,33,35). The van der Waals surface area contributed by atoms with Gasteiger partial charge in [0.2, 0.25) is 11.8 Å². The molecule has 1 atom stereocenters. The number of benzene rings is 2. The smallest absolute Gasteiger partial charge is 0.256 e. The van der Waals surface area contributed by atoms with Gasteiger partial charge in [-0.15, -0.1) is 0 Å². The number of hydrogen-bond donors (Lipinski definition) is 2. The lowest BCUT2D eigenvalue weighted by atomic mass is 9.72. The largest absolute Gasteiger partial charge is 0.322 e. The summed E-state index contributed by atoms with van der Waals surface area (Å²) in [5.41, 5.74) is 3.51. The fraction of sp³-hybridized carbons (Fsp3) is 0.179. The van der Waals surface area contributed by atoms with Crippen molar-refractivity contribution >= 4 is 34.3 Å². The Bertz CT molecular complexity index is 1430. The van der Waals surface area contributed by atoms with Gasteiger partial charge in [-0.25, -0.2) is 4.98 Å². The van der Waals surface area contributed by atoms with E-state index in [0.29, 0.717) is 36.2 Å². The second-order valence-corrected chi connectivity index (χ2v) is 8.65. The number of hydrogen-bond acceptors (Lipinski definition) is 5. The summed E-state index contributed by atoms with van der Waals surface area (Å²) in [4.78, 5) is 46.4. The number of nitrogens with zero attached hydrogens (tertiary/aromatic N) is 2. The molecule has 2 N–H and O–H groups in total. The van der Waals surface area contributed by atoms with Crippen LogP contribution in [0.25, 0.3) is 22.2 Å². The Labute approximate surface area is 202 Å². The first-order valence-corrected chi connectivity index (χ1v) is 11.6. The molecule has 7 nitrogen and oxygen atoms in total. The number of fused-ring (bicyclic) bond motifs is 1. The van der Waals surface area contributed by atoms with E-state index in [9.17, 15) is 14.4 Å². The molecule has 1 aliphatic rings. The number of carbonyl (C=O) groups is 3. The summed E-state index contributed by atoms with van der Waals surface area (Å²) in [5.74, 6) is -0.753. The lowest BCUT2D eigenvalue weighted by Crippen LogP contribution is -2.51. The number of pyridine rings is 2. The predicted octanol–water partition coefficient (Wildman–Crippen LogP) is 4.63. The maximum atomic E-state index is 13.4. The number of nitrogens with one attached hydrogen (secondary N) is 2. The normalized spacial score (nSPS) is 17.7. The molecule has 35 heavy (non-hydrogen) atoms. The van der Waals surface area contributed by atoms with Crippen LogP contribution in [-0.2, 0) is 15.0 Å². The molecule has 7 heteroatoms. The first-order valence-electron chi connectivity index (χ1n) is 11.6. The zero-order valence-electron chi connectivity index (χ0n) is 19.2. The van der Waals surface area contributed by atoms with Gasteiger partial charge in [0, 0.05) is 35.5 Å². The third-order valence-corrected chi connectivity index (χ3v) is 6.70. The Kier molecular flexibility index (Phi) is 5.82. The first kappa shape index (κ1) is 22.4. The van der Waals surface area contributed by atoms with Crippen LogP contribution in [0.15, 0.2) is 79.1 Å². The van der Waals surface area contributed by atoms with Gasteiger partial charge in [0.05, 0.1) is 22.2 Å². The van der Waals surface area contributed by atoms with Crippen molar-refractivity contribution in [3.05, 3.63) is 90.3 Å². The van der Waals surface area contributed by atoms with Crippen LogP contribution in [0, 0.1) is 0 Å². The molecule has 5 rings (SSSR count). The van der Waals surface area contributed by atoms with Crippen molar-refractivity contribution in [1.29, 1.82) is 0 Å². The van der Waals surface area contributed by atoms with Crippen molar-refractivity contribution in [3.63, 3.8) is 0 Å². The highest BCUT2D eigenvalue weighted by atomic mass is 16.2. The molecule has 174 valence electrons. The second kappa shape index (κ2) is 9.10.